The van der Waals surface area contributed by atoms with Crippen LogP contribution in [-0.4, -0.2) is 23.9 Å². The number of ether oxygens (including phenoxy) is 1. The van der Waals surface area contributed by atoms with Gasteiger partial charge in [-0.15, -0.1) is 0 Å². The highest BCUT2D eigenvalue weighted by Crippen LogP contribution is 2.23. The van der Waals surface area contributed by atoms with Crippen molar-refractivity contribution in [1.29, 1.82) is 0 Å². The number of methoxy groups -OCH3 is 1. The summed E-state index contributed by atoms with van der Waals surface area (Å²) in [5.41, 5.74) is 1.51. The van der Waals surface area contributed by atoms with Crippen molar-refractivity contribution in [1.82, 2.24) is 5.32 Å². The summed E-state index contributed by atoms with van der Waals surface area (Å²) < 4.78 is 5.12. The van der Waals surface area contributed by atoms with Gasteiger partial charge in [0, 0.05) is 23.7 Å². The van der Waals surface area contributed by atoms with E-state index >= 15 is 0 Å². The Kier molecular flexibility index (Phi) is 5.44. The van der Waals surface area contributed by atoms with Crippen LogP contribution in [0.5, 0.6) is 11.5 Å². The van der Waals surface area contributed by atoms with Gasteiger partial charge in [0.2, 0.25) is 0 Å². The molecule has 0 aliphatic rings. The molecule has 21 heavy (non-hydrogen) atoms. The maximum absolute atomic E-state index is 10.1. The molecular formula is C16H18ClNO3. The molecule has 0 amide bonds. The second kappa shape index (κ2) is 7.31. The Bertz CT molecular complexity index is 587. The summed E-state index contributed by atoms with van der Waals surface area (Å²) in [6.45, 7) is 0.811. The summed E-state index contributed by atoms with van der Waals surface area (Å²) in [7, 11) is 1.58. The third kappa shape index (κ3) is 4.36. The number of aliphatic hydroxyl groups is 1. The first kappa shape index (κ1) is 15.6. The van der Waals surface area contributed by atoms with Crippen LogP contribution in [0, 0.1) is 0 Å². The van der Waals surface area contributed by atoms with Gasteiger partial charge in [0.25, 0.3) is 0 Å². The molecule has 0 radical (unpaired) electrons. The van der Waals surface area contributed by atoms with Crippen molar-refractivity contribution >= 4 is 11.6 Å². The van der Waals surface area contributed by atoms with Crippen LogP contribution < -0.4 is 10.1 Å². The number of hydrogen-bond donors (Lipinski definition) is 3. The molecule has 3 N–H and O–H groups in total. The van der Waals surface area contributed by atoms with E-state index in [1.807, 2.05) is 0 Å². The van der Waals surface area contributed by atoms with Crippen LogP contribution in [0.15, 0.2) is 42.5 Å². The highest BCUT2D eigenvalue weighted by atomic mass is 35.5. The van der Waals surface area contributed by atoms with Crippen LogP contribution in [0.25, 0.3) is 0 Å². The number of phenols is 1. The molecule has 0 aliphatic carbocycles. The van der Waals surface area contributed by atoms with Crippen molar-refractivity contribution in [2.75, 3.05) is 13.7 Å². The molecule has 2 aromatic rings. The van der Waals surface area contributed by atoms with Crippen molar-refractivity contribution in [3.8, 4) is 11.5 Å². The molecule has 1 atom stereocenters. The molecule has 0 spiro atoms. The fourth-order valence-corrected chi connectivity index (χ4v) is 2.10. The van der Waals surface area contributed by atoms with E-state index in [1.165, 1.54) is 0 Å². The third-order valence-electron chi connectivity index (χ3n) is 3.19. The first-order chi connectivity index (χ1) is 10.1. The van der Waals surface area contributed by atoms with Crippen molar-refractivity contribution in [2.24, 2.45) is 0 Å². The Balaban J connectivity index is 1.90. The zero-order valence-corrected chi connectivity index (χ0v) is 12.5. The van der Waals surface area contributed by atoms with Gasteiger partial charge in [-0.1, -0.05) is 23.7 Å². The second-order valence-electron chi connectivity index (χ2n) is 4.69. The maximum atomic E-state index is 10.1. The topological polar surface area (TPSA) is 61.7 Å². The molecule has 112 valence electrons. The number of benzene rings is 2. The average Bonchev–Trinajstić information content (AvgIpc) is 2.49. The van der Waals surface area contributed by atoms with E-state index in [0.717, 1.165) is 11.1 Å². The van der Waals surface area contributed by atoms with Crippen LogP contribution in [0.4, 0.5) is 0 Å². The van der Waals surface area contributed by atoms with Gasteiger partial charge < -0.3 is 20.3 Å². The van der Waals surface area contributed by atoms with Crippen molar-refractivity contribution in [3.63, 3.8) is 0 Å². The summed E-state index contributed by atoms with van der Waals surface area (Å²) in [6.07, 6.45) is -0.630. The minimum Gasteiger partial charge on any atom is -0.508 e. The fraction of sp³-hybridized carbons (Fsp3) is 0.250. The molecule has 2 aromatic carbocycles. The lowest BCUT2D eigenvalue weighted by molar-refractivity contribution is 0.174. The predicted molar refractivity (Wildman–Crippen MR) is 82.8 cm³/mol. The Morgan fingerprint density at radius 3 is 2.57 bits per heavy atom. The van der Waals surface area contributed by atoms with Crippen molar-refractivity contribution in [2.45, 2.75) is 12.6 Å². The summed E-state index contributed by atoms with van der Waals surface area (Å²) >= 11 is 5.81. The minimum atomic E-state index is -0.630. The number of rotatable bonds is 6. The number of hydrogen-bond acceptors (Lipinski definition) is 4. The van der Waals surface area contributed by atoms with Gasteiger partial charge >= 0.3 is 0 Å². The number of aromatic hydroxyl groups is 1. The highest BCUT2D eigenvalue weighted by Gasteiger charge is 2.08. The van der Waals surface area contributed by atoms with Gasteiger partial charge in [-0.3, -0.25) is 0 Å². The lowest BCUT2D eigenvalue weighted by atomic mass is 10.1. The van der Waals surface area contributed by atoms with Crippen molar-refractivity contribution < 1.29 is 14.9 Å². The van der Waals surface area contributed by atoms with Crippen LogP contribution in [0.1, 0.15) is 17.2 Å². The van der Waals surface area contributed by atoms with Gasteiger partial charge in [0.15, 0.2) is 0 Å². The van der Waals surface area contributed by atoms with E-state index in [4.69, 9.17) is 16.3 Å². The summed E-state index contributed by atoms with van der Waals surface area (Å²) in [4.78, 5) is 0. The molecule has 0 heterocycles. The monoisotopic (exact) mass is 307 g/mol. The Labute approximate surface area is 129 Å². The first-order valence-electron chi connectivity index (χ1n) is 6.60. The summed E-state index contributed by atoms with van der Waals surface area (Å²) in [5.74, 6) is 0.882. The molecule has 4 nitrogen and oxygen atoms in total. The molecule has 0 bridgehead atoms. The lowest BCUT2D eigenvalue weighted by Crippen LogP contribution is -2.21. The number of aliphatic hydroxyl groups excluding tert-OH is 1. The Morgan fingerprint density at radius 2 is 1.90 bits per heavy atom. The number of phenolic OH excluding ortho intramolecular Hbond substituents is 1. The molecule has 0 saturated carbocycles. The smallest absolute Gasteiger partial charge is 0.120 e. The molecule has 0 aromatic heterocycles. The zero-order chi connectivity index (χ0) is 15.2. The Morgan fingerprint density at radius 1 is 1.19 bits per heavy atom. The van der Waals surface area contributed by atoms with Crippen LogP contribution in [-0.2, 0) is 6.54 Å². The molecule has 0 aliphatic heterocycles. The van der Waals surface area contributed by atoms with E-state index < -0.39 is 6.10 Å². The van der Waals surface area contributed by atoms with E-state index in [0.29, 0.717) is 23.9 Å². The maximum Gasteiger partial charge on any atom is 0.120 e. The van der Waals surface area contributed by atoms with E-state index in [2.05, 4.69) is 5.32 Å². The van der Waals surface area contributed by atoms with E-state index in [9.17, 15) is 10.2 Å². The van der Waals surface area contributed by atoms with Crippen LogP contribution >= 0.6 is 11.6 Å². The SMILES string of the molecule is COc1ccc(O)c(CNCC(O)c2ccc(Cl)cc2)c1. The molecule has 1 unspecified atom stereocenters. The predicted octanol–water partition coefficient (Wildman–Crippen LogP) is 2.88. The lowest BCUT2D eigenvalue weighted by Gasteiger charge is -2.13. The fourth-order valence-electron chi connectivity index (χ4n) is 1.98. The first-order valence-corrected chi connectivity index (χ1v) is 6.98. The van der Waals surface area contributed by atoms with Crippen molar-refractivity contribution in [3.05, 3.63) is 58.6 Å². The van der Waals surface area contributed by atoms with Gasteiger partial charge in [-0.25, -0.2) is 0 Å². The molecule has 0 saturated heterocycles. The second-order valence-corrected chi connectivity index (χ2v) is 5.13. The number of nitrogens with one attached hydrogen (secondary N) is 1. The quantitative estimate of drug-likeness (QED) is 0.768. The number of halogens is 1. The zero-order valence-electron chi connectivity index (χ0n) is 11.7. The normalized spacial score (nSPS) is 12.1. The molecular weight excluding hydrogens is 290 g/mol. The van der Waals surface area contributed by atoms with Crippen LogP contribution in [0.2, 0.25) is 5.02 Å². The summed E-state index contributed by atoms with van der Waals surface area (Å²) in [5, 5.41) is 23.6. The Hall–Kier alpha value is -1.75. The van der Waals surface area contributed by atoms with E-state index in [1.54, 1.807) is 49.6 Å². The molecule has 0 fully saturated rings. The third-order valence-corrected chi connectivity index (χ3v) is 3.45. The van der Waals surface area contributed by atoms with Gasteiger partial charge in [-0.2, -0.15) is 0 Å². The van der Waals surface area contributed by atoms with E-state index in [-0.39, 0.29) is 5.75 Å². The highest BCUT2D eigenvalue weighted by molar-refractivity contribution is 6.30. The summed E-state index contributed by atoms with van der Waals surface area (Å²) in [6, 6.07) is 12.1. The van der Waals surface area contributed by atoms with Gasteiger partial charge in [0.05, 0.1) is 13.2 Å². The minimum absolute atomic E-state index is 0.198. The van der Waals surface area contributed by atoms with Gasteiger partial charge in [0.1, 0.15) is 11.5 Å². The van der Waals surface area contributed by atoms with Gasteiger partial charge in [-0.05, 0) is 35.9 Å². The van der Waals surface area contributed by atoms with Crippen LogP contribution in [0.3, 0.4) is 0 Å². The standard InChI is InChI=1S/C16H18ClNO3/c1-21-14-6-7-15(19)12(8-14)9-18-10-16(20)11-2-4-13(17)5-3-11/h2-8,16,18-20H,9-10H2,1H3. The molecule has 5 heteroatoms. The largest absolute Gasteiger partial charge is 0.508 e. The molecule has 2 rings (SSSR count). The average molecular weight is 308 g/mol.